The Morgan fingerprint density at radius 2 is 2.00 bits per heavy atom. The van der Waals surface area contributed by atoms with Crippen LogP contribution in [0.4, 0.5) is 8.78 Å². The standard InChI is InChI=1S/C16H15BrCl3F2N3O2/c1-7(4-8-10(18)5-11(19)12(17)13(8)20)25(27-3)16(26)9-6-24(2)23-14(9)15(21)22/h5-7,15H,4H2,1-3H3. The highest BCUT2D eigenvalue weighted by atomic mass is 79.9. The maximum atomic E-state index is 13.2. The molecule has 0 aliphatic heterocycles. The van der Waals surface area contributed by atoms with Crippen molar-refractivity contribution in [3.63, 3.8) is 0 Å². The van der Waals surface area contributed by atoms with E-state index in [1.54, 1.807) is 6.92 Å². The lowest BCUT2D eigenvalue weighted by molar-refractivity contribution is -0.119. The fourth-order valence-corrected chi connectivity index (χ4v) is 3.85. The van der Waals surface area contributed by atoms with E-state index in [0.717, 1.165) is 9.75 Å². The molecule has 0 aliphatic carbocycles. The molecule has 0 saturated carbocycles. The van der Waals surface area contributed by atoms with E-state index in [-0.39, 0.29) is 12.0 Å². The van der Waals surface area contributed by atoms with Crippen LogP contribution in [-0.4, -0.2) is 33.9 Å². The third kappa shape index (κ3) is 4.74. The first kappa shape index (κ1) is 22.4. The molecule has 2 aromatic rings. The Kier molecular flexibility index (Phi) is 7.49. The number of benzene rings is 1. The van der Waals surface area contributed by atoms with E-state index >= 15 is 0 Å². The second-order valence-electron chi connectivity index (χ2n) is 5.72. The number of carbonyl (C=O) groups is 1. The largest absolute Gasteiger partial charge is 0.282 e. The summed E-state index contributed by atoms with van der Waals surface area (Å²) in [4.78, 5) is 17.9. The highest BCUT2D eigenvalue weighted by molar-refractivity contribution is 9.10. The van der Waals surface area contributed by atoms with Gasteiger partial charge < -0.3 is 0 Å². The summed E-state index contributed by atoms with van der Waals surface area (Å²) in [6.45, 7) is 1.68. The van der Waals surface area contributed by atoms with Crippen LogP contribution in [0.1, 0.15) is 35.0 Å². The van der Waals surface area contributed by atoms with Crippen LogP contribution in [0, 0.1) is 0 Å². The molecule has 1 aromatic heterocycles. The number of alkyl halides is 2. The Balaban J connectivity index is 2.33. The van der Waals surface area contributed by atoms with Gasteiger partial charge in [0.1, 0.15) is 5.69 Å². The highest BCUT2D eigenvalue weighted by Gasteiger charge is 2.30. The molecule has 0 N–H and O–H groups in total. The van der Waals surface area contributed by atoms with E-state index < -0.39 is 24.1 Å². The van der Waals surface area contributed by atoms with Crippen LogP contribution in [0.2, 0.25) is 15.1 Å². The Bertz CT molecular complexity index is 864. The number of carbonyl (C=O) groups excluding carboxylic acids is 1. The van der Waals surface area contributed by atoms with Crippen molar-refractivity contribution in [2.75, 3.05) is 7.11 Å². The zero-order valence-electron chi connectivity index (χ0n) is 14.4. The molecule has 0 fully saturated rings. The second kappa shape index (κ2) is 9.05. The van der Waals surface area contributed by atoms with E-state index in [4.69, 9.17) is 39.6 Å². The van der Waals surface area contributed by atoms with E-state index in [9.17, 15) is 13.6 Å². The molecule has 0 saturated heterocycles. The SMILES string of the molecule is CON(C(=O)c1cn(C)nc1C(F)F)C(C)Cc1c(Cl)cc(Cl)c(Br)c1Cl. The van der Waals surface area contributed by atoms with Crippen molar-refractivity contribution in [2.45, 2.75) is 25.8 Å². The van der Waals surface area contributed by atoms with E-state index in [2.05, 4.69) is 21.0 Å². The molecule has 2 rings (SSSR count). The minimum absolute atomic E-state index is 0.206. The van der Waals surface area contributed by atoms with Gasteiger partial charge in [-0.1, -0.05) is 34.8 Å². The van der Waals surface area contributed by atoms with Gasteiger partial charge in [0.05, 0.1) is 33.2 Å². The Hall–Kier alpha value is -0.930. The van der Waals surface area contributed by atoms with Crippen molar-refractivity contribution < 1.29 is 18.4 Å². The Morgan fingerprint density at radius 3 is 2.56 bits per heavy atom. The average Bonchev–Trinajstić information content (AvgIpc) is 2.99. The average molecular weight is 506 g/mol. The predicted molar refractivity (Wildman–Crippen MR) is 104 cm³/mol. The summed E-state index contributed by atoms with van der Waals surface area (Å²) in [5.74, 6) is -0.742. The van der Waals surface area contributed by atoms with Crippen LogP contribution in [-0.2, 0) is 18.3 Å². The van der Waals surface area contributed by atoms with Crippen molar-refractivity contribution >= 4 is 56.6 Å². The van der Waals surface area contributed by atoms with Crippen molar-refractivity contribution in [3.8, 4) is 0 Å². The van der Waals surface area contributed by atoms with E-state index in [1.807, 2.05) is 0 Å². The molecule has 0 bridgehead atoms. The summed E-state index contributed by atoms with van der Waals surface area (Å²) < 4.78 is 28.0. The zero-order valence-corrected chi connectivity index (χ0v) is 18.3. The number of halogens is 6. The van der Waals surface area contributed by atoms with Crippen molar-refractivity contribution in [1.82, 2.24) is 14.8 Å². The van der Waals surface area contributed by atoms with Gasteiger partial charge in [0, 0.05) is 18.3 Å². The zero-order chi connectivity index (χ0) is 20.5. The number of nitrogens with zero attached hydrogens (tertiary/aromatic N) is 3. The molecule has 148 valence electrons. The minimum atomic E-state index is -2.89. The van der Waals surface area contributed by atoms with E-state index in [1.165, 1.54) is 26.4 Å². The van der Waals surface area contributed by atoms with Crippen LogP contribution in [0.25, 0.3) is 0 Å². The van der Waals surface area contributed by atoms with Gasteiger partial charge in [0.15, 0.2) is 0 Å². The first-order valence-corrected chi connectivity index (χ1v) is 9.52. The first-order chi connectivity index (χ1) is 12.6. The topological polar surface area (TPSA) is 47.4 Å². The molecule has 0 radical (unpaired) electrons. The fraction of sp³-hybridized carbons (Fsp3) is 0.375. The second-order valence-corrected chi connectivity index (χ2v) is 7.70. The predicted octanol–water partition coefficient (Wildman–Crippen LogP) is 5.72. The molecule has 1 aromatic carbocycles. The van der Waals surface area contributed by atoms with Gasteiger partial charge in [-0.05, 0) is 40.9 Å². The Labute approximate surface area is 178 Å². The van der Waals surface area contributed by atoms with Gasteiger partial charge in [-0.25, -0.2) is 13.8 Å². The van der Waals surface area contributed by atoms with Crippen molar-refractivity contribution in [3.05, 3.63) is 48.6 Å². The number of aromatic nitrogens is 2. The molecular weight excluding hydrogens is 490 g/mol. The molecule has 0 spiro atoms. The van der Waals surface area contributed by atoms with Crippen molar-refractivity contribution in [1.29, 1.82) is 0 Å². The molecule has 1 heterocycles. The Morgan fingerprint density at radius 1 is 1.37 bits per heavy atom. The maximum Gasteiger partial charge on any atom is 0.282 e. The first-order valence-electron chi connectivity index (χ1n) is 7.59. The third-order valence-corrected chi connectivity index (χ3v) is 6.13. The lowest BCUT2D eigenvalue weighted by atomic mass is 10.1. The maximum absolute atomic E-state index is 13.2. The third-order valence-electron chi connectivity index (χ3n) is 3.80. The molecule has 1 unspecified atom stereocenters. The number of amides is 1. The molecule has 0 aliphatic rings. The van der Waals surface area contributed by atoms with Crippen LogP contribution in [0.5, 0.6) is 0 Å². The van der Waals surface area contributed by atoms with Gasteiger partial charge in [0.2, 0.25) is 0 Å². The highest BCUT2D eigenvalue weighted by Crippen LogP contribution is 2.38. The molecular formula is C16H15BrCl3F2N3O2. The van der Waals surface area contributed by atoms with Gasteiger partial charge >= 0.3 is 0 Å². The van der Waals surface area contributed by atoms with Gasteiger partial charge in [-0.3, -0.25) is 14.3 Å². The summed E-state index contributed by atoms with van der Waals surface area (Å²) in [5.41, 5.74) is -0.310. The number of hydrogen-bond donors (Lipinski definition) is 0. The van der Waals surface area contributed by atoms with Crippen LogP contribution in [0.15, 0.2) is 16.7 Å². The number of aryl methyl sites for hydroxylation is 1. The minimum Gasteiger partial charge on any atom is -0.275 e. The summed E-state index contributed by atoms with van der Waals surface area (Å²) in [5, 5.41) is 5.59. The molecule has 1 amide bonds. The smallest absolute Gasteiger partial charge is 0.275 e. The van der Waals surface area contributed by atoms with Gasteiger partial charge in [-0.15, -0.1) is 0 Å². The molecule has 11 heteroatoms. The van der Waals surface area contributed by atoms with Gasteiger partial charge in [0.25, 0.3) is 12.3 Å². The summed E-state index contributed by atoms with van der Waals surface area (Å²) in [6, 6.07) is 0.951. The summed E-state index contributed by atoms with van der Waals surface area (Å²) in [6.07, 6.45) is -1.46. The molecule has 27 heavy (non-hydrogen) atoms. The monoisotopic (exact) mass is 503 g/mol. The summed E-state index contributed by atoms with van der Waals surface area (Å²) in [7, 11) is 2.72. The van der Waals surface area contributed by atoms with Gasteiger partial charge in [-0.2, -0.15) is 5.10 Å². The van der Waals surface area contributed by atoms with E-state index in [0.29, 0.717) is 25.1 Å². The van der Waals surface area contributed by atoms with Crippen LogP contribution >= 0.6 is 50.7 Å². The van der Waals surface area contributed by atoms with Crippen LogP contribution in [0.3, 0.4) is 0 Å². The number of rotatable bonds is 6. The lowest BCUT2D eigenvalue weighted by Crippen LogP contribution is -2.39. The number of hydrogen-bond acceptors (Lipinski definition) is 3. The number of hydroxylamine groups is 2. The quantitative estimate of drug-likeness (QED) is 0.287. The molecule has 5 nitrogen and oxygen atoms in total. The van der Waals surface area contributed by atoms with Crippen molar-refractivity contribution in [2.24, 2.45) is 7.05 Å². The lowest BCUT2D eigenvalue weighted by Gasteiger charge is -2.27. The normalized spacial score (nSPS) is 12.5. The fourth-order valence-electron chi connectivity index (χ4n) is 2.58. The molecule has 1 atom stereocenters. The van der Waals surface area contributed by atoms with Crippen LogP contribution < -0.4 is 0 Å². The summed E-state index contributed by atoms with van der Waals surface area (Å²) >= 11 is 21.8.